The monoisotopic (exact) mass is 390 g/mol. The number of ether oxygens (including phenoxy) is 2. The van der Waals surface area contributed by atoms with Crippen LogP contribution >= 0.6 is 23.2 Å². The summed E-state index contributed by atoms with van der Waals surface area (Å²) in [6, 6.07) is 12.3. The SMILES string of the molecule is COc1ccc(Cl)cc1Nc1cc(Nc2cc(Cl)ccc2OC)ncn1. The van der Waals surface area contributed by atoms with Gasteiger partial charge in [0.25, 0.3) is 0 Å². The summed E-state index contributed by atoms with van der Waals surface area (Å²) in [6.45, 7) is 0. The van der Waals surface area contributed by atoms with Gasteiger partial charge in [-0.05, 0) is 36.4 Å². The third-order valence-corrected chi connectivity index (χ3v) is 3.99. The van der Waals surface area contributed by atoms with Gasteiger partial charge in [-0.1, -0.05) is 23.2 Å². The number of anilines is 4. The molecule has 0 saturated heterocycles. The molecule has 1 aromatic heterocycles. The van der Waals surface area contributed by atoms with Crippen LogP contribution in [0.1, 0.15) is 0 Å². The molecule has 6 nitrogen and oxygen atoms in total. The first kappa shape index (κ1) is 18.1. The molecule has 3 aromatic rings. The molecule has 0 saturated carbocycles. The molecule has 0 aliphatic rings. The predicted molar refractivity (Wildman–Crippen MR) is 105 cm³/mol. The molecular weight excluding hydrogens is 375 g/mol. The van der Waals surface area contributed by atoms with Crippen molar-refractivity contribution in [3.05, 3.63) is 58.8 Å². The van der Waals surface area contributed by atoms with Crippen molar-refractivity contribution in [1.29, 1.82) is 0 Å². The van der Waals surface area contributed by atoms with Gasteiger partial charge in [-0.25, -0.2) is 9.97 Å². The number of rotatable bonds is 6. The molecular formula is C18H16Cl2N4O2. The minimum atomic E-state index is 0.573. The second-order valence-corrected chi connectivity index (χ2v) is 6.10. The average Bonchev–Trinajstić information content (AvgIpc) is 2.62. The zero-order chi connectivity index (χ0) is 18.5. The topological polar surface area (TPSA) is 68.3 Å². The quantitative estimate of drug-likeness (QED) is 0.595. The summed E-state index contributed by atoms with van der Waals surface area (Å²) in [5, 5.41) is 7.52. The van der Waals surface area contributed by atoms with E-state index in [9.17, 15) is 0 Å². The third kappa shape index (κ3) is 4.28. The van der Waals surface area contributed by atoms with Gasteiger partial charge >= 0.3 is 0 Å². The van der Waals surface area contributed by atoms with Gasteiger partial charge < -0.3 is 20.1 Å². The fourth-order valence-corrected chi connectivity index (χ4v) is 2.67. The van der Waals surface area contributed by atoms with Crippen LogP contribution in [0.3, 0.4) is 0 Å². The maximum atomic E-state index is 6.06. The summed E-state index contributed by atoms with van der Waals surface area (Å²) in [7, 11) is 3.18. The predicted octanol–water partition coefficient (Wildman–Crippen LogP) is 5.29. The largest absolute Gasteiger partial charge is 0.495 e. The standard InChI is InChI=1S/C18H16Cl2N4O2/c1-25-15-5-3-11(19)7-13(15)23-17-9-18(22-10-21-17)24-14-8-12(20)4-6-16(14)26-2/h3-10H,1-2H3,(H2,21,22,23,24). The van der Waals surface area contributed by atoms with E-state index >= 15 is 0 Å². The number of hydrogen-bond acceptors (Lipinski definition) is 6. The first-order valence-corrected chi connectivity index (χ1v) is 8.38. The smallest absolute Gasteiger partial charge is 0.142 e. The lowest BCUT2D eigenvalue weighted by Crippen LogP contribution is -2.01. The van der Waals surface area contributed by atoms with E-state index < -0.39 is 0 Å². The molecule has 26 heavy (non-hydrogen) atoms. The van der Waals surface area contributed by atoms with Crippen molar-refractivity contribution in [2.24, 2.45) is 0 Å². The first-order valence-electron chi connectivity index (χ1n) is 7.62. The first-order chi connectivity index (χ1) is 12.6. The summed E-state index contributed by atoms with van der Waals surface area (Å²) < 4.78 is 10.7. The molecule has 1 heterocycles. The van der Waals surface area contributed by atoms with Crippen LogP contribution in [0.5, 0.6) is 11.5 Å². The Morgan fingerprint density at radius 1 is 0.731 bits per heavy atom. The highest BCUT2D eigenvalue weighted by Crippen LogP contribution is 2.32. The summed E-state index contributed by atoms with van der Waals surface area (Å²) in [5.41, 5.74) is 1.40. The molecule has 0 amide bonds. The second kappa shape index (κ2) is 8.12. The van der Waals surface area contributed by atoms with Crippen LogP contribution < -0.4 is 20.1 Å². The minimum absolute atomic E-state index is 0.573. The van der Waals surface area contributed by atoms with E-state index in [-0.39, 0.29) is 0 Å². The number of nitrogens with one attached hydrogen (secondary N) is 2. The number of benzene rings is 2. The summed E-state index contributed by atoms with van der Waals surface area (Å²) in [5.74, 6) is 2.45. The number of halogens is 2. The zero-order valence-corrected chi connectivity index (χ0v) is 15.6. The molecule has 0 fully saturated rings. The lowest BCUT2D eigenvalue weighted by molar-refractivity contribution is 0.417. The van der Waals surface area contributed by atoms with E-state index in [1.807, 2.05) is 0 Å². The van der Waals surface area contributed by atoms with E-state index in [2.05, 4.69) is 20.6 Å². The van der Waals surface area contributed by atoms with E-state index in [0.717, 1.165) is 0 Å². The molecule has 0 radical (unpaired) electrons. The summed E-state index contributed by atoms with van der Waals surface area (Å²) >= 11 is 12.1. The lowest BCUT2D eigenvalue weighted by atomic mass is 10.3. The Hall–Kier alpha value is -2.70. The highest BCUT2D eigenvalue weighted by atomic mass is 35.5. The van der Waals surface area contributed by atoms with Crippen LogP contribution in [0.25, 0.3) is 0 Å². The third-order valence-electron chi connectivity index (χ3n) is 3.52. The normalized spacial score (nSPS) is 10.3. The van der Waals surface area contributed by atoms with Crippen molar-refractivity contribution in [2.45, 2.75) is 0 Å². The second-order valence-electron chi connectivity index (χ2n) is 5.23. The van der Waals surface area contributed by atoms with E-state index in [1.165, 1.54) is 6.33 Å². The Labute approximate surface area is 161 Å². The van der Waals surface area contributed by atoms with E-state index in [1.54, 1.807) is 56.7 Å². The van der Waals surface area contributed by atoms with E-state index in [0.29, 0.717) is 44.6 Å². The van der Waals surface area contributed by atoms with Gasteiger partial charge in [0, 0.05) is 16.1 Å². The molecule has 0 atom stereocenters. The summed E-state index contributed by atoms with van der Waals surface area (Å²) in [4.78, 5) is 8.45. The number of hydrogen-bond donors (Lipinski definition) is 2. The fraction of sp³-hybridized carbons (Fsp3) is 0.111. The Balaban J connectivity index is 1.85. The van der Waals surface area contributed by atoms with Gasteiger partial charge in [0.1, 0.15) is 29.5 Å². The molecule has 134 valence electrons. The molecule has 0 unspecified atom stereocenters. The molecule has 8 heteroatoms. The molecule has 2 N–H and O–H groups in total. The molecule has 0 spiro atoms. The fourth-order valence-electron chi connectivity index (χ4n) is 2.33. The maximum Gasteiger partial charge on any atom is 0.142 e. The van der Waals surface area contributed by atoms with Gasteiger partial charge in [-0.3, -0.25) is 0 Å². The minimum Gasteiger partial charge on any atom is -0.495 e. The van der Waals surface area contributed by atoms with Crippen LogP contribution in [0, 0.1) is 0 Å². The number of aromatic nitrogens is 2. The highest BCUT2D eigenvalue weighted by Gasteiger charge is 2.08. The van der Waals surface area contributed by atoms with Gasteiger partial charge in [-0.15, -0.1) is 0 Å². The van der Waals surface area contributed by atoms with Crippen molar-refractivity contribution < 1.29 is 9.47 Å². The molecule has 2 aromatic carbocycles. The van der Waals surface area contributed by atoms with Crippen LogP contribution in [-0.4, -0.2) is 24.2 Å². The van der Waals surface area contributed by atoms with Crippen molar-refractivity contribution in [1.82, 2.24) is 9.97 Å². The van der Waals surface area contributed by atoms with Crippen LogP contribution in [-0.2, 0) is 0 Å². The highest BCUT2D eigenvalue weighted by molar-refractivity contribution is 6.31. The lowest BCUT2D eigenvalue weighted by Gasteiger charge is -2.13. The van der Waals surface area contributed by atoms with Gasteiger partial charge in [-0.2, -0.15) is 0 Å². The molecule has 3 rings (SSSR count). The number of nitrogens with zero attached hydrogens (tertiary/aromatic N) is 2. The van der Waals surface area contributed by atoms with Gasteiger partial charge in [0.05, 0.1) is 25.6 Å². The van der Waals surface area contributed by atoms with Gasteiger partial charge in [0.2, 0.25) is 0 Å². The summed E-state index contributed by atoms with van der Waals surface area (Å²) in [6.07, 6.45) is 1.44. The Morgan fingerprint density at radius 2 is 1.19 bits per heavy atom. The molecule has 0 aliphatic carbocycles. The Bertz CT molecular complexity index is 851. The Morgan fingerprint density at radius 3 is 1.62 bits per heavy atom. The van der Waals surface area contributed by atoms with E-state index in [4.69, 9.17) is 32.7 Å². The van der Waals surface area contributed by atoms with Crippen molar-refractivity contribution in [2.75, 3.05) is 24.9 Å². The van der Waals surface area contributed by atoms with Crippen LogP contribution in [0.4, 0.5) is 23.0 Å². The van der Waals surface area contributed by atoms with Gasteiger partial charge in [0.15, 0.2) is 0 Å². The average molecular weight is 391 g/mol. The maximum absolute atomic E-state index is 6.06. The van der Waals surface area contributed by atoms with Crippen LogP contribution in [0.2, 0.25) is 10.0 Å². The Kier molecular flexibility index (Phi) is 5.65. The van der Waals surface area contributed by atoms with Crippen molar-refractivity contribution in [3.63, 3.8) is 0 Å². The number of methoxy groups -OCH3 is 2. The van der Waals surface area contributed by atoms with Crippen molar-refractivity contribution >= 4 is 46.2 Å². The zero-order valence-electron chi connectivity index (χ0n) is 14.1. The molecule has 0 bridgehead atoms. The van der Waals surface area contributed by atoms with Crippen LogP contribution in [0.15, 0.2) is 48.8 Å². The van der Waals surface area contributed by atoms with Crippen molar-refractivity contribution in [3.8, 4) is 11.5 Å². The molecule has 0 aliphatic heterocycles.